The Morgan fingerprint density at radius 3 is 3.00 bits per heavy atom. The van der Waals surface area contributed by atoms with Gasteiger partial charge in [0.25, 0.3) is 0 Å². The number of nitrogens with zero attached hydrogens (tertiary/aromatic N) is 1. The lowest BCUT2D eigenvalue weighted by Crippen LogP contribution is -1.81. The molecule has 1 rings (SSSR count). The lowest BCUT2D eigenvalue weighted by Gasteiger charge is -1.90. The molecule has 1 aromatic rings. The molecule has 0 saturated heterocycles. The van der Waals surface area contributed by atoms with E-state index in [1.165, 1.54) is 0 Å². The Morgan fingerprint density at radius 1 is 1.90 bits per heavy atom. The average molecular weight is 155 g/mol. The summed E-state index contributed by atoms with van der Waals surface area (Å²) in [5.41, 5.74) is 0. The zero-order valence-electron chi connectivity index (χ0n) is 5.79. The SMILES string of the molecule is C=C(O)Cc1cnc(C)s1. The van der Waals surface area contributed by atoms with Gasteiger partial charge in [-0.25, -0.2) is 4.98 Å². The Labute approximate surface area is 63.9 Å². The second-order valence-electron chi connectivity index (χ2n) is 2.09. The molecule has 1 aromatic heterocycles. The first-order chi connectivity index (χ1) is 4.68. The molecule has 0 radical (unpaired) electrons. The van der Waals surface area contributed by atoms with Crippen molar-refractivity contribution in [2.75, 3.05) is 0 Å². The lowest BCUT2D eigenvalue weighted by molar-refractivity contribution is 0.402. The number of thiazole rings is 1. The van der Waals surface area contributed by atoms with Crippen LogP contribution in [0.15, 0.2) is 18.5 Å². The van der Waals surface area contributed by atoms with Gasteiger partial charge in [0.1, 0.15) is 0 Å². The van der Waals surface area contributed by atoms with Crippen LogP contribution in [0.1, 0.15) is 9.88 Å². The summed E-state index contributed by atoms with van der Waals surface area (Å²) in [6.45, 7) is 5.33. The van der Waals surface area contributed by atoms with Crippen molar-refractivity contribution in [3.05, 3.63) is 28.4 Å². The Bertz CT molecular complexity index is 242. The molecule has 3 heteroatoms. The molecule has 0 saturated carbocycles. The summed E-state index contributed by atoms with van der Waals surface area (Å²) in [7, 11) is 0. The van der Waals surface area contributed by atoms with Gasteiger partial charge in [-0.3, -0.25) is 0 Å². The highest BCUT2D eigenvalue weighted by Gasteiger charge is 1.98. The van der Waals surface area contributed by atoms with Crippen LogP contribution in [0.3, 0.4) is 0 Å². The topological polar surface area (TPSA) is 33.1 Å². The molecule has 0 amide bonds. The maximum atomic E-state index is 8.80. The number of aliphatic hydroxyl groups is 1. The molecule has 0 unspecified atom stereocenters. The minimum atomic E-state index is 0.198. The summed E-state index contributed by atoms with van der Waals surface area (Å²) < 4.78 is 0. The van der Waals surface area contributed by atoms with Crippen LogP contribution in [0, 0.1) is 6.92 Å². The molecule has 0 fully saturated rings. The number of rotatable bonds is 2. The van der Waals surface area contributed by atoms with E-state index in [4.69, 9.17) is 5.11 Å². The Kier molecular flexibility index (Phi) is 2.06. The largest absolute Gasteiger partial charge is 0.513 e. The Balaban J connectivity index is 2.67. The van der Waals surface area contributed by atoms with Crippen LogP contribution < -0.4 is 0 Å². The van der Waals surface area contributed by atoms with E-state index in [1.807, 2.05) is 6.92 Å². The molecule has 54 valence electrons. The number of allylic oxidation sites excluding steroid dienone is 1. The van der Waals surface area contributed by atoms with Crippen molar-refractivity contribution in [3.63, 3.8) is 0 Å². The molecule has 1 N–H and O–H groups in total. The van der Waals surface area contributed by atoms with E-state index in [0.29, 0.717) is 6.42 Å². The molecule has 1 heterocycles. The lowest BCUT2D eigenvalue weighted by atomic mass is 10.3. The zero-order valence-corrected chi connectivity index (χ0v) is 6.61. The van der Waals surface area contributed by atoms with Crippen molar-refractivity contribution >= 4 is 11.3 Å². The number of aryl methyl sites for hydroxylation is 1. The Morgan fingerprint density at radius 2 is 2.60 bits per heavy atom. The third kappa shape index (κ3) is 1.84. The van der Waals surface area contributed by atoms with Crippen molar-refractivity contribution in [1.82, 2.24) is 4.98 Å². The normalized spacial score (nSPS) is 9.70. The standard InChI is InChI=1S/C7H9NOS/c1-5(9)3-7-4-8-6(2)10-7/h4,9H,1,3H2,2H3. The van der Waals surface area contributed by atoms with Crippen molar-refractivity contribution < 1.29 is 5.11 Å². The summed E-state index contributed by atoms with van der Waals surface area (Å²) in [6, 6.07) is 0. The van der Waals surface area contributed by atoms with Crippen molar-refractivity contribution in [3.8, 4) is 0 Å². The summed E-state index contributed by atoms with van der Waals surface area (Å²) in [5.74, 6) is 0.198. The third-order valence-electron chi connectivity index (χ3n) is 1.05. The number of hydrogen-bond acceptors (Lipinski definition) is 3. The molecule has 0 aromatic carbocycles. The highest BCUT2D eigenvalue weighted by Crippen LogP contribution is 2.13. The molecule has 0 bridgehead atoms. The number of aliphatic hydroxyl groups excluding tert-OH is 1. The second kappa shape index (κ2) is 2.84. The summed E-state index contributed by atoms with van der Waals surface area (Å²) in [6.07, 6.45) is 2.30. The summed E-state index contributed by atoms with van der Waals surface area (Å²) in [4.78, 5) is 5.10. The van der Waals surface area contributed by atoms with E-state index in [1.54, 1.807) is 17.5 Å². The quantitative estimate of drug-likeness (QED) is 0.663. The van der Waals surface area contributed by atoms with Crippen LogP contribution in [0.25, 0.3) is 0 Å². The van der Waals surface area contributed by atoms with Gasteiger partial charge in [0, 0.05) is 17.5 Å². The van der Waals surface area contributed by atoms with Crippen LogP contribution in [0.4, 0.5) is 0 Å². The monoisotopic (exact) mass is 155 g/mol. The van der Waals surface area contributed by atoms with Gasteiger partial charge < -0.3 is 5.11 Å². The maximum Gasteiger partial charge on any atom is 0.0903 e. The third-order valence-corrected chi connectivity index (χ3v) is 1.96. The van der Waals surface area contributed by atoms with Crippen molar-refractivity contribution in [2.24, 2.45) is 0 Å². The fraction of sp³-hybridized carbons (Fsp3) is 0.286. The minimum Gasteiger partial charge on any atom is -0.513 e. The van der Waals surface area contributed by atoms with Gasteiger partial charge in [0.2, 0.25) is 0 Å². The van der Waals surface area contributed by atoms with Crippen LogP contribution in [-0.2, 0) is 6.42 Å². The summed E-state index contributed by atoms with van der Waals surface area (Å²) >= 11 is 1.58. The van der Waals surface area contributed by atoms with Crippen molar-refractivity contribution in [2.45, 2.75) is 13.3 Å². The van der Waals surface area contributed by atoms with Crippen LogP contribution in [0.5, 0.6) is 0 Å². The maximum absolute atomic E-state index is 8.80. The average Bonchev–Trinajstić information content (AvgIpc) is 2.13. The fourth-order valence-electron chi connectivity index (χ4n) is 0.688. The smallest absolute Gasteiger partial charge is 0.0903 e. The van der Waals surface area contributed by atoms with Crippen LogP contribution in [0.2, 0.25) is 0 Å². The van der Waals surface area contributed by atoms with Gasteiger partial charge in [-0.05, 0) is 6.92 Å². The van der Waals surface area contributed by atoms with E-state index in [2.05, 4.69) is 11.6 Å². The zero-order chi connectivity index (χ0) is 7.56. The van der Waals surface area contributed by atoms with Gasteiger partial charge in [-0.2, -0.15) is 0 Å². The number of hydrogen-bond donors (Lipinski definition) is 1. The first-order valence-electron chi connectivity index (χ1n) is 2.96. The van der Waals surface area contributed by atoms with Gasteiger partial charge in [-0.1, -0.05) is 6.58 Å². The molecule has 0 aliphatic heterocycles. The van der Waals surface area contributed by atoms with Gasteiger partial charge in [0.15, 0.2) is 0 Å². The van der Waals surface area contributed by atoms with E-state index in [0.717, 1.165) is 9.88 Å². The molecular weight excluding hydrogens is 146 g/mol. The summed E-state index contributed by atoms with van der Waals surface area (Å²) in [5, 5.41) is 9.82. The highest BCUT2D eigenvalue weighted by molar-refractivity contribution is 7.11. The van der Waals surface area contributed by atoms with E-state index in [9.17, 15) is 0 Å². The molecule has 0 aliphatic rings. The fourth-order valence-corrected chi connectivity index (χ4v) is 1.52. The molecular formula is C7H9NOS. The van der Waals surface area contributed by atoms with E-state index < -0.39 is 0 Å². The van der Waals surface area contributed by atoms with Gasteiger partial charge in [-0.15, -0.1) is 11.3 Å². The predicted molar refractivity (Wildman–Crippen MR) is 42.3 cm³/mol. The van der Waals surface area contributed by atoms with E-state index in [-0.39, 0.29) is 5.76 Å². The molecule has 0 aliphatic carbocycles. The Hall–Kier alpha value is -0.830. The van der Waals surface area contributed by atoms with Crippen LogP contribution in [-0.4, -0.2) is 10.1 Å². The van der Waals surface area contributed by atoms with Crippen molar-refractivity contribution in [1.29, 1.82) is 0 Å². The van der Waals surface area contributed by atoms with Crippen LogP contribution >= 0.6 is 11.3 Å². The van der Waals surface area contributed by atoms with E-state index >= 15 is 0 Å². The first kappa shape index (κ1) is 7.28. The first-order valence-corrected chi connectivity index (χ1v) is 3.78. The predicted octanol–water partition coefficient (Wildman–Crippen LogP) is 2.07. The molecule has 10 heavy (non-hydrogen) atoms. The second-order valence-corrected chi connectivity index (χ2v) is 3.41. The number of aromatic nitrogens is 1. The van der Waals surface area contributed by atoms with Gasteiger partial charge in [0.05, 0.1) is 10.8 Å². The molecule has 0 spiro atoms. The highest BCUT2D eigenvalue weighted by atomic mass is 32.1. The minimum absolute atomic E-state index is 0.198. The molecule has 2 nitrogen and oxygen atoms in total. The molecule has 0 atom stereocenters. The van der Waals surface area contributed by atoms with Gasteiger partial charge >= 0.3 is 0 Å².